The van der Waals surface area contributed by atoms with Gasteiger partial charge < -0.3 is 15.4 Å². The SMILES string of the molecule is CN=C(NCc1ccc(CN2CCOCC2)cc1)NCc1nnc2ccccn12.I. The molecule has 8 nitrogen and oxygen atoms in total. The van der Waals surface area contributed by atoms with Crippen LogP contribution in [-0.2, 0) is 24.4 Å². The molecule has 0 spiro atoms. The summed E-state index contributed by atoms with van der Waals surface area (Å²) in [6.07, 6.45) is 1.96. The van der Waals surface area contributed by atoms with Crippen LogP contribution in [0.25, 0.3) is 5.65 Å². The van der Waals surface area contributed by atoms with Crippen molar-refractivity contribution >= 4 is 35.6 Å². The van der Waals surface area contributed by atoms with Gasteiger partial charge in [0, 0.05) is 39.4 Å². The molecule has 1 aliphatic heterocycles. The second kappa shape index (κ2) is 11.2. The Hall–Kier alpha value is -2.24. The van der Waals surface area contributed by atoms with E-state index in [1.54, 1.807) is 7.05 Å². The number of ether oxygens (including phenoxy) is 1. The van der Waals surface area contributed by atoms with E-state index in [0.29, 0.717) is 13.1 Å². The number of halogens is 1. The molecule has 9 heteroatoms. The molecule has 2 N–H and O–H groups in total. The summed E-state index contributed by atoms with van der Waals surface area (Å²) in [6, 6.07) is 14.6. The molecule has 1 saturated heterocycles. The first-order valence-electron chi connectivity index (χ1n) is 9.93. The van der Waals surface area contributed by atoms with Crippen molar-refractivity contribution in [2.24, 2.45) is 4.99 Å². The number of hydrogen-bond acceptors (Lipinski definition) is 5. The van der Waals surface area contributed by atoms with Crippen LogP contribution in [0.2, 0.25) is 0 Å². The first-order chi connectivity index (χ1) is 14.3. The van der Waals surface area contributed by atoms with Gasteiger partial charge in [0.1, 0.15) is 0 Å². The van der Waals surface area contributed by atoms with E-state index in [2.05, 4.69) is 55.0 Å². The molecular weight excluding hydrogens is 493 g/mol. The summed E-state index contributed by atoms with van der Waals surface area (Å²) in [4.78, 5) is 6.72. The summed E-state index contributed by atoms with van der Waals surface area (Å²) >= 11 is 0. The highest BCUT2D eigenvalue weighted by atomic mass is 127. The zero-order valence-electron chi connectivity index (χ0n) is 17.1. The smallest absolute Gasteiger partial charge is 0.191 e. The number of fused-ring (bicyclic) bond motifs is 1. The lowest BCUT2D eigenvalue weighted by Crippen LogP contribution is -2.36. The molecule has 0 aliphatic carbocycles. The fraction of sp³-hybridized carbons (Fsp3) is 0.381. The lowest BCUT2D eigenvalue weighted by Gasteiger charge is -2.26. The third-order valence-electron chi connectivity index (χ3n) is 5.01. The Morgan fingerprint density at radius 2 is 1.73 bits per heavy atom. The molecule has 1 aromatic carbocycles. The third-order valence-corrected chi connectivity index (χ3v) is 5.01. The normalized spacial score (nSPS) is 15.0. The molecule has 0 bridgehead atoms. The average Bonchev–Trinajstić information content (AvgIpc) is 3.19. The molecule has 2 aromatic heterocycles. The van der Waals surface area contributed by atoms with Gasteiger partial charge in [0.15, 0.2) is 17.4 Å². The Morgan fingerprint density at radius 1 is 1.00 bits per heavy atom. The minimum Gasteiger partial charge on any atom is -0.379 e. The molecule has 0 amide bonds. The van der Waals surface area contributed by atoms with Crippen molar-refractivity contribution in [1.29, 1.82) is 0 Å². The highest BCUT2D eigenvalue weighted by Crippen LogP contribution is 2.09. The highest BCUT2D eigenvalue weighted by Gasteiger charge is 2.10. The van der Waals surface area contributed by atoms with E-state index in [1.807, 2.05) is 28.8 Å². The third kappa shape index (κ3) is 5.89. The number of rotatable bonds is 6. The molecule has 0 radical (unpaired) electrons. The minimum absolute atomic E-state index is 0. The van der Waals surface area contributed by atoms with Crippen LogP contribution in [0.3, 0.4) is 0 Å². The monoisotopic (exact) mass is 521 g/mol. The van der Waals surface area contributed by atoms with Crippen molar-refractivity contribution in [1.82, 2.24) is 30.1 Å². The van der Waals surface area contributed by atoms with Crippen molar-refractivity contribution in [2.75, 3.05) is 33.4 Å². The van der Waals surface area contributed by atoms with Crippen LogP contribution in [-0.4, -0.2) is 58.8 Å². The number of guanidine groups is 1. The second-order valence-corrected chi connectivity index (χ2v) is 7.03. The van der Waals surface area contributed by atoms with E-state index in [0.717, 1.165) is 50.3 Å². The Balaban J connectivity index is 0.00000256. The molecule has 1 aliphatic rings. The Morgan fingerprint density at radius 3 is 2.50 bits per heavy atom. The number of nitrogens with zero attached hydrogens (tertiary/aromatic N) is 5. The van der Waals surface area contributed by atoms with E-state index in [4.69, 9.17) is 4.74 Å². The number of pyridine rings is 1. The van der Waals surface area contributed by atoms with Gasteiger partial charge in [-0.1, -0.05) is 30.3 Å². The number of morpholine rings is 1. The quantitative estimate of drug-likeness (QED) is 0.294. The van der Waals surface area contributed by atoms with Crippen LogP contribution in [0.1, 0.15) is 17.0 Å². The van der Waals surface area contributed by atoms with Gasteiger partial charge in [-0.25, -0.2) is 0 Å². The zero-order valence-corrected chi connectivity index (χ0v) is 19.5. The highest BCUT2D eigenvalue weighted by molar-refractivity contribution is 14.0. The standard InChI is InChI=1S/C21H27N7O.HI/c1-22-21(24-15-20-26-25-19-4-2-3-9-28(19)20)23-14-17-5-7-18(8-6-17)16-27-10-12-29-13-11-27;/h2-9H,10-16H2,1H3,(H2,22,23,24);1H. The van der Waals surface area contributed by atoms with E-state index >= 15 is 0 Å². The van der Waals surface area contributed by atoms with Gasteiger partial charge in [0.25, 0.3) is 0 Å². The van der Waals surface area contributed by atoms with Gasteiger partial charge in [0.2, 0.25) is 0 Å². The fourth-order valence-corrected chi connectivity index (χ4v) is 3.36. The molecular formula is C21H28IN7O. The van der Waals surface area contributed by atoms with Gasteiger partial charge in [-0.15, -0.1) is 34.2 Å². The van der Waals surface area contributed by atoms with Crippen LogP contribution in [0.15, 0.2) is 53.7 Å². The van der Waals surface area contributed by atoms with Crippen molar-refractivity contribution in [2.45, 2.75) is 19.6 Å². The largest absolute Gasteiger partial charge is 0.379 e. The maximum atomic E-state index is 5.41. The van der Waals surface area contributed by atoms with Gasteiger partial charge in [-0.2, -0.15) is 0 Å². The maximum Gasteiger partial charge on any atom is 0.191 e. The number of nitrogens with one attached hydrogen (secondary N) is 2. The van der Waals surface area contributed by atoms with Crippen molar-refractivity contribution < 1.29 is 4.74 Å². The van der Waals surface area contributed by atoms with Gasteiger partial charge >= 0.3 is 0 Å². The van der Waals surface area contributed by atoms with E-state index in [-0.39, 0.29) is 24.0 Å². The molecule has 160 valence electrons. The van der Waals surface area contributed by atoms with Crippen molar-refractivity contribution in [3.63, 3.8) is 0 Å². The minimum atomic E-state index is 0. The lowest BCUT2D eigenvalue weighted by atomic mass is 10.1. The number of hydrogen-bond donors (Lipinski definition) is 2. The van der Waals surface area contributed by atoms with Crippen LogP contribution in [0, 0.1) is 0 Å². The lowest BCUT2D eigenvalue weighted by molar-refractivity contribution is 0.0342. The molecule has 0 atom stereocenters. The van der Waals surface area contributed by atoms with E-state index in [9.17, 15) is 0 Å². The predicted octanol–water partition coefficient (Wildman–Crippen LogP) is 2.04. The summed E-state index contributed by atoms with van der Waals surface area (Å²) in [5.41, 5.74) is 3.38. The summed E-state index contributed by atoms with van der Waals surface area (Å²) in [5, 5.41) is 15.0. The summed E-state index contributed by atoms with van der Waals surface area (Å²) < 4.78 is 7.38. The van der Waals surface area contributed by atoms with E-state index in [1.165, 1.54) is 11.1 Å². The summed E-state index contributed by atoms with van der Waals surface area (Å²) in [6.45, 7) is 5.91. The zero-order chi connectivity index (χ0) is 19.9. The number of aromatic nitrogens is 3. The van der Waals surface area contributed by atoms with Crippen molar-refractivity contribution in [3.8, 4) is 0 Å². The number of benzene rings is 1. The average molecular weight is 521 g/mol. The Labute approximate surface area is 193 Å². The molecule has 1 fully saturated rings. The molecule has 3 aromatic rings. The molecule has 0 unspecified atom stereocenters. The predicted molar refractivity (Wildman–Crippen MR) is 128 cm³/mol. The fourth-order valence-electron chi connectivity index (χ4n) is 3.36. The Kier molecular flexibility index (Phi) is 8.40. The summed E-state index contributed by atoms with van der Waals surface area (Å²) in [5.74, 6) is 1.58. The second-order valence-electron chi connectivity index (χ2n) is 7.03. The number of aliphatic imine (C=N–C) groups is 1. The maximum absolute atomic E-state index is 5.41. The first-order valence-corrected chi connectivity index (χ1v) is 9.93. The van der Waals surface area contributed by atoms with Crippen LogP contribution >= 0.6 is 24.0 Å². The topological polar surface area (TPSA) is 79.1 Å². The molecule has 30 heavy (non-hydrogen) atoms. The van der Waals surface area contributed by atoms with Crippen LogP contribution in [0.4, 0.5) is 0 Å². The van der Waals surface area contributed by atoms with Gasteiger partial charge in [0.05, 0.1) is 19.8 Å². The van der Waals surface area contributed by atoms with Gasteiger partial charge in [-0.05, 0) is 23.3 Å². The summed E-state index contributed by atoms with van der Waals surface area (Å²) in [7, 11) is 1.77. The van der Waals surface area contributed by atoms with Crippen LogP contribution in [0.5, 0.6) is 0 Å². The van der Waals surface area contributed by atoms with Crippen molar-refractivity contribution in [3.05, 3.63) is 65.6 Å². The van der Waals surface area contributed by atoms with Crippen LogP contribution < -0.4 is 10.6 Å². The first kappa shape index (κ1) is 22.4. The molecule has 4 rings (SSSR count). The van der Waals surface area contributed by atoms with E-state index < -0.39 is 0 Å². The molecule has 3 heterocycles. The molecule has 0 saturated carbocycles. The Bertz CT molecular complexity index is 951. The van der Waals surface area contributed by atoms with Gasteiger partial charge in [-0.3, -0.25) is 14.3 Å².